The Balaban J connectivity index is 2.11. The molecular weight excluding hydrogens is 247 g/mol. The Bertz CT molecular complexity index is 738. The quantitative estimate of drug-likeness (QED) is 0.732. The summed E-state index contributed by atoms with van der Waals surface area (Å²) < 4.78 is 13.7. The molecule has 1 aromatic carbocycles. The summed E-state index contributed by atoms with van der Waals surface area (Å²) in [6.07, 6.45) is 1.49. The van der Waals surface area contributed by atoms with Crippen LogP contribution in [0.2, 0.25) is 0 Å². The van der Waals surface area contributed by atoms with E-state index in [9.17, 15) is 4.39 Å². The van der Waals surface area contributed by atoms with Crippen molar-refractivity contribution < 1.29 is 4.39 Å². The predicted octanol–water partition coefficient (Wildman–Crippen LogP) is 1.84. The molecule has 3 rings (SSSR count). The van der Waals surface area contributed by atoms with Gasteiger partial charge in [-0.3, -0.25) is 0 Å². The SMILES string of the molecule is CN(c1nc(N)c2[nH]cnc2n1)c1ccccc1F. The maximum atomic E-state index is 13.7. The van der Waals surface area contributed by atoms with Crippen LogP contribution < -0.4 is 10.6 Å². The topological polar surface area (TPSA) is 83.7 Å². The fraction of sp³-hybridized carbons (Fsp3) is 0.0833. The van der Waals surface area contributed by atoms with Gasteiger partial charge >= 0.3 is 0 Å². The van der Waals surface area contributed by atoms with Gasteiger partial charge in [-0.25, -0.2) is 9.37 Å². The van der Waals surface area contributed by atoms with Crippen molar-refractivity contribution in [2.75, 3.05) is 17.7 Å². The number of nitrogen functional groups attached to an aromatic ring is 1. The van der Waals surface area contributed by atoms with E-state index in [0.717, 1.165) is 0 Å². The number of hydrogen-bond acceptors (Lipinski definition) is 5. The number of nitrogens with one attached hydrogen (secondary N) is 1. The first kappa shape index (κ1) is 11.4. The number of anilines is 3. The first-order valence-electron chi connectivity index (χ1n) is 5.61. The minimum Gasteiger partial charge on any atom is -0.382 e. The summed E-state index contributed by atoms with van der Waals surface area (Å²) in [5, 5.41) is 0. The van der Waals surface area contributed by atoms with Crippen LogP contribution in [0.4, 0.5) is 21.8 Å². The van der Waals surface area contributed by atoms with Crippen molar-refractivity contribution in [2.24, 2.45) is 0 Å². The summed E-state index contributed by atoms with van der Waals surface area (Å²) in [4.78, 5) is 16.8. The van der Waals surface area contributed by atoms with Gasteiger partial charge in [-0.2, -0.15) is 9.97 Å². The summed E-state index contributed by atoms with van der Waals surface area (Å²) in [6, 6.07) is 6.38. The van der Waals surface area contributed by atoms with Crippen molar-refractivity contribution >= 4 is 28.6 Å². The molecule has 0 aliphatic heterocycles. The van der Waals surface area contributed by atoms with E-state index in [-0.39, 0.29) is 11.6 Å². The molecular formula is C12H11FN6. The Hall–Kier alpha value is -2.70. The minimum absolute atomic E-state index is 0.278. The molecule has 19 heavy (non-hydrogen) atoms. The Morgan fingerprint density at radius 2 is 2.05 bits per heavy atom. The van der Waals surface area contributed by atoms with E-state index in [0.29, 0.717) is 22.8 Å². The molecule has 7 heteroatoms. The number of para-hydroxylation sites is 1. The average molecular weight is 258 g/mol. The molecule has 0 aliphatic rings. The molecule has 3 N–H and O–H groups in total. The number of imidazole rings is 1. The lowest BCUT2D eigenvalue weighted by Gasteiger charge is -2.17. The van der Waals surface area contributed by atoms with Crippen LogP contribution in [0.3, 0.4) is 0 Å². The van der Waals surface area contributed by atoms with Gasteiger partial charge in [0.25, 0.3) is 0 Å². The summed E-state index contributed by atoms with van der Waals surface area (Å²) in [5.41, 5.74) is 7.21. The number of aromatic nitrogens is 4. The summed E-state index contributed by atoms with van der Waals surface area (Å²) >= 11 is 0. The largest absolute Gasteiger partial charge is 0.382 e. The first-order chi connectivity index (χ1) is 9.16. The van der Waals surface area contributed by atoms with E-state index in [4.69, 9.17) is 5.73 Å². The third-order valence-corrected chi connectivity index (χ3v) is 2.82. The third-order valence-electron chi connectivity index (χ3n) is 2.82. The van der Waals surface area contributed by atoms with E-state index < -0.39 is 0 Å². The molecule has 3 aromatic rings. The normalized spacial score (nSPS) is 10.8. The zero-order valence-electron chi connectivity index (χ0n) is 10.1. The van der Waals surface area contributed by atoms with Crippen LogP contribution in [0.15, 0.2) is 30.6 Å². The second-order valence-corrected chi connectivity index (χ2v) is 4.02. The molecule has 0 aliphatic carbocycles. The summed E-state index contributed by atoms with van der Waals surface area (Å²) in [7, 11) is 1.67. The molecule has 96 valence electrons. The molecule has 0 atom stereocenters. The number of halogens is 1. The number of aromatic amines is 1. The van der Waals surface area contributed by atoms with Gasteiger partial charge in [0.1, 0.15) is 11.3 Å². The van der Waals surface area contributed by atoms with Crippen molar-refractivity contribution in [3.63, 3.8) is 0 Å². The molecule has 0 radical (unpaired) electrons. The van der Waals surface area contributed by atoms with Gasteiger partial charge in [-0.1, -0.05) is 12.1 Å². The predicted molar refractivity (Wildman–Crippen MR) is 70.6 cm³/mol. The van der Waals surface area contributed by atoms with Crippen LogP contribution in [0, 0.1) is 5.82 Å². The second kappa shape index (κ2) is 4.20. The van der Waals surface area contributed by atoms with E-state index in [1.807, 2.05) is 0 Å². The monoisotopic (exact) mass is 258 g/mol. The Labute approximate surface area is 108 Å². The van der Waals surface area contributed by atoms with Crippen molar-refractivity contribution in [1.82, 2.24) is 19.9 Å². The highest BCUT2D eigenvalue weighted by molar-refractivity contribution is 5.82. The molecule has 0 bridgehead atoms. The lowest BCUT2D eigenvalue weighted by atomic mass is 10.3. The van der Waals surface area contributed by atoms with Crippen LogP contribution in [0.5, 0.6) is 0 Å². The highest BCUT2D eigenvalue weighted by Crippen LogP contribution is 2.25. The number of nitrogens with zero attached hydrogens (tertiary/aromatic N) is 4. The van der Waals surface area contributed by atoms with E-state index >= 15 is 0 Å². The number of fused-ring (bicyclic) bond motifs is 1. The number of nitrogens with two attached hydrogens (primary N) is 1. The van der Waals surface area contributed by atoms with Crippen molar-refractivity contribution in [3.05, 3.63) is 36.4 Å². The van der Waals surface area contributed by atoms with E-state index in [1.165, 1.54) is 17.3 Å². The molecule has 0 unspecified atom stereocenters. The fourth-order valence-corrected chi connectivity index (χ4v) is 1.83. The molecule has 2 aromatic heterocycles. The Kier molecular flexibility index (Phi) is 2.52. The third kappa shape index (κ3) is 1.85. The zero-order chi connectivity index (χ0) is 13.4. The van der Waals surface area contributed by atoms with Crippen LogP contribution in [-0.2, 0) is 0 Å². The van der Waals surface area contributed by atoms with Gasteiger partial charge in [0.2, 0.25) is 5.95 Å². The van der Waals surface area contributed by atoms with Crippen LogP contribution in [0.1, 0.15) is 0 Å². The van der Waals surface area contributed by atoms with Gasteiger partial charge in [-0.05, 0) is 12.1 Å². The summed E-state index contributed by atoms with van der Waals surface area (Å²) in [6.45, 7) is 0. The van der Waals surface area contributed by atoms with Crippen LogP contribution in [-0.4, -0.2) is 27.0 Å². The highest BCUT2D eigenvalue weighted by atomic mass is 19.1. The number of H-pyrrole nitrogens is 1. The number of hydrogen-bond donors (Lipinski definition) is 2. The lowest BCUT2D eigenvalue weighted by Crippen LogP contribution is -2.15. The van der Waals surface area contributed by atoms with Gasteiger partial charge < -0.3 is 15.6 Å². The van der Waals surface area contributed by atoms with Gasteiger partial charge in [0.15, 0.2) is 11.5 Å². The minimum atomic E-state index is -0.353. The maximum Gasteiger partial charge on any atom is 0.233 e. The molecule has 0 saturated carbocycles. The van der Waals surface area contributed by atoms with Crippen molar-refractivity contribution in [2.45, 2.75) is 0 Å². The molecule has 2 heterocycles. The fourth-order valence-electron chi connectivity index (χ4n) is 1.83. The van der Waals surface area contributed by atoms with Crippen LogP contribution in [0.25, 0.3) is 11.2 Å². The lowest BCUT2D eigenvalue weighted by molar-refractivity contribution is 0.627. The van der Waals surface area contributed by atoms with Crippen molar-refractivity contribution in [3.8, 4) is 0 Å². The Morgan fingerprint density at radius 1 is 1.26 bits per heavy atom. The standard InChI is InChI=1S/C12H11FN6/c1-19(8-5-3-2-4-7(8)13)12-17-10(14)9-11(18-12)16-6-15-9/h2-6H,1H3,(H3,14,15,16,17,18). The molecule has 0 fully saturated rings. The molecule has 6 nitrogen and oxygen atoms in total. The maximum absolute atomic E-state index is 13.7. The highest BCUT2D eigenvalue weighted by Gasteiger charge is 2.14. The zero-order valence-corrected chi connectivity index (χ0v) is 10.1. The van der Waals surface area contributed by atoms with Crippen LogP contribution >= 0.6 is 0 Å². The Morgan fingerprint density at radius 3 is 2.84 bits per heavy atom. The summed E-state index contributed by atoms with van der Waals surface area (Å²) in [5.74, 6) is 0.220. The van der Waals surface area contributed by atoms with Gasteiger partial charge in [0.05, 0.1) is 12.0 Å². The van der Waals surface area contributed by atoms with Crippen molar-refractivity contribution in [1.29, 1.82) is 0 Å². The van der Waals surface area contributed by atoms with E-state index in [2.05, 4.69) is 19.9 Å². The van der Waals surface area contributed by atoms with Gasteiger partial charge in [0, 0.05) is 7.05 Å². The smallest absolute Gasteiger partial charge is 0.233 e. The molecule has 0 saturated heterocycles. The number of benzene rings is 1. The van der Waals surface area contributed by atoms with Gasteiger partial charge in [-0.15, -0.1) is 0 Å². The number of rotatable bonds is 2. The average Bonchev–Trinajstić information content (AvgIpc) is 2.87. The van der Waals surface area contributed by atoms with E-state index in [1.54, 1.807) is 25.2 Å². The molecule has 0 amide bonds. The first-order valence-corrected chi connectivity index (χ1v) is 5.61. The second-order valence-electron chi connectivity index (χ2n) is 4.02. The molecule has 0 spiro atoms.